The van der Waals surface area contributed by atoms with Gasteiger partial charge in [0.05, 0.1) is 11.1 Å². The summed E-state index contributed by atoms with van der Waals surface area (Å²) < 4.78 is 0. The summed E-state index contributed by atoms with van der Waals surface area (Å²) in [5.74, 6) is -1.62. The van der Waals surface area contributed by atoms with Crippen LogP contribution in [0, 0.1) is 0 Å². The van der Waals surface area contributed by atoms with E-state index in [0.29, 0.717) is 24.3 Å². The SMILES string of the molecule is CC(C)c1ccc(CCc2cc(C(=O)O)ccc2C(=O)O)cc1. The Morgan fingerprint density at radius 3 is 2.09 bits per heavy atom. The molecule has 2 aromatic rings. The molecule has 0 amide bonds. The highest BCUT2D eigenvalue weighted by Crippen LogP contribution is 2.18. The van der Waals surface area contributed by atoms with E-state index in [4.69, 9.17) is 5.11 Å². The van der Waals surface area contributed by atoms with Gasteiger partial charge in [-0.05, 0) is 53.6 Å². The molecule has 0 saturated carbocycles. The van der Waals surface area contributed by atoms with Gasteiger partial charge in [0.1, 0.15) is 0 Å². The van der Waals surface area contributed by atoms with Crippen LogP contribution in [0.3, 0.4) is 0 Å². The lowest BCUT2D eigenvalue weighted by Gasteiger charge is -2.09. The summed E-state index contributed by atoms with van der Waals surface area (Å²) in [5, 5.41) is 18.3. The predicted molar refractivity (Wildman–Crippen MR) is 88.3 cm³/mol. The lowest BCUT2D eigenvalue weighted by molar-refractivity contribution is 0.0680. The van der Waals surface area contributed by atoms with Crippen molar-refractivity contribution >= 4 is 11.9 Å². The first-order valence-electron chi connectivity index (χ1n) is 7.57. The first-order valence-corrected chi connectivity index (χ1v) is 7.57. The molecule has 0 aliphatic carbocycles. The van der Waals surface area contributed by atoms with Gasteiger partial charge in [-0.3, -0.25) is 0 Å². The summed E-state index contributed by atoms with van der Waals surface area (Å²) in [5.41, 5.74) is 3.18. The Bertz CT molecular complexity index is 715. The molecule has 2 N–H and O–H groups in total. The van der Waals surface area contributed by atoms with Gasteiger partial charge in [0, 0.05) is 0 Å². The van der Waals surface area contributed by atoms with Crippen LogP contribution in [-0.4, -0.2) is 22.2 Å². The number of hydrogen-bond donors (Lipinski definition) is 2. The number of hydrogen-bond acceptors (Lipinski definition) is 2. The minimum Gasteiger partial charge on any atom is -0.478 e. The molecule has 4 nitrogen and oxygen atoms in total. The van der Waals surface area contributed by atoms with Gasteiger partial charge < -0.3 is 10.2 Å². The van der Waals surface area contributed by atoms with Crippen LogP contribution >= 0.6 is 0 Å². The molecule has 0 aliphatic rings. The zero-order valence-corrected chi connectivity index (χ0v) is 13.2. The van der Waals surface area contributed by atoms with Gasteiger partial charge in [-0.25, -0.2) is 9.59 Å². The van der Waals surface area contributed by atoms with E-state index in [9.17, 15) is 14.7 Å². The fourth-order valence-electron chi connectivity index (χ4n) is 2.49. The van der Waals surface area contributed by atoms with Crippen molar-refractivity contribution in [3.05, 3.63) is 70.3 Å². The van der Waals surface area contributed by atoms with Gasteiger partial charge in [-0.15, -0.1) is 0 Å². The van der Waals surface area contributed by atoms with Crippen molar-refractivity contribution in [2.75, 3.05) is 0 Å². The van der Waals surface area contributed by atoms with Crippen LogP contribution in [0.5, 0.6) is 0 Å². The van der Waals surface area contributed by atoms with E-state index in [1.165, 1.54) is 23.8 Å². The molecule has 0 bridgehead atoms. The third-order valence-electron chi connectivity index (χ3n) is 3.91. The average Bonchev–Trinajstić information content (AvgIpc) is 2.52. The van der Waals surface area contributed by atoms with E-state index in [0.717, 1.165) is 5.56 Å². The zero-order valence-electron chi connectivity index (χ0n) is 13.2. The second-order valence-electron chi connectivity index (χ2n) is 5.88. The maximum absolute atomic E-state index is 11.3. The van der Waals surface area contributed by atoms with Gasteiger partial charge >= 0.3 is 11.9 Å². The molecule has 0 aromatic heterocycles. The van der Waals surface area contributed by atoms with Crippen molar-refractivity contribution in [1.82, 2.24) is 0 Å². The van der Waals surface area contributed by atoms with Crippen LogP contribution in [0.15, 0.2) is 42.5 Å². The van der Waals surface area contributed by atoms with Gasteiger partial charge in [-0.2, -0.15) is 0 Å². The average molecular weight is 312 g/mol. The molecular weight excluding hydrogens is 292 g/mol. The van der Waals surface area contributed by atoms with Crippen LogP contribution in [0.1, 0.15) is 57.2 Å². The molecule has 4 heteroatoms. The highest BCUT2D eigenvalue weighted by Gasteiger charge is 2.13. The smallest absolute Gasteiger partial charge is 0.335 e. The first kappa shape index (κ1) is 16.7. The normalized spacial score (nSPS) is 10.7. The largest absolute Gasteiger partial charge is 0.478 e. The summed E-state index contributed by atoms with van der Waals surface area (Å²) in [6.07, 6.45) is 1.16. The van der Waals surface area contributed by atoms with Gasteiger partial charge in [-0.1, -0.05) is 38.1 Å². The lowest BCUT2D eigenvalue weighted by Crippen LogP contribution is -2.07. The second kappa shape index (κ2) is 7.09. The van der Waals surface area contributed by atoms with E-state index in [1.807, 2.05) is 12.1 Å². The van der Waals surface area contributed by atoms with E-state index in [2.05, 4.69) is 26.0 Å². The Labute approximate surface area is 135 Å². The number of aromatic carboxylic acids is 2. The van der Waals surface area contributed by atoms with E-state index >= 15 is 0 Å². The predicted octanol–water partition coefficient (Wildman–Crippen LogP) is 3.99. The lowest BCUT2D eigenvalue weighted by atomic mass is 9.96. The Balaban J connectivity index is 2.19. The van der Waals surface area contributed by atoms with E-state index in [-0.39, 0.29) is 11.1 Å². The van der Waals surface area contributed by atoms with Crippen molar-refractivity contribution < 1.29 is 19.8 Å². The van der Waals surface area contributed by atoms with Crippen molar-refractivity contribution in [2.24, 2.45) is 0 Å². The summed E-state index contributed by atoms with van der Waals surface area (Å²) in [6.45, 7) is 4.26. The van der Waals surface area contributed by atoms with Crippen LogP contribution < -0.4 is 0 Å². The molecule has 0 atom stereocenters. The maximum Gasteiger partial charge on any atom is 0.335 e. The fourth-order valence-corrected chi connectivity index (χ4v) is 2.49. The monoisotopic (exact) mass is 312 g/mol. The molecule has 2 rings (SSSR count). The molecule has 0 fully saturated rings. The molecule has 2 aromatic carbocycles. The Kier molecular flexibility index (Phi) is 5.16. The maximum atomic E-state index is 11.3. The van der Waals surface area contributed by atoms with Crippen molar-refractivity contribution in [1.29, 1.82) is 0 Å². The minimum absolute atomic E-state index is 0.111. The number of carboxylic acids is 2. The van der Waals surface area contributed by atoms with Gasteiger partial charge in [0.2, 0.25) is 0 Å². The van der Waals surface area contributed by atoms with Crippen LogP contribution in [0.4, 0.5) is 0 Å². The van der Waals surface area contributed by atoms with Crippen LogP contribution in [0.25, 0.3) is 0 Å². The van der Waals surface area contributed by atoms with Crippen molar-refractivity contribution in [2.45, 2.75) is 32.6 Å². The van der Waals surface area contributed by atoms with E-state index in [1.54, 1.807) is 0 Å². The second-order valence-corrected chi connectivity index (χ2v) is 5.88. The Morgan fingerprint density at radius 1 is 0.913 bits per heavy atom. The summed E-state index contributed by atoms with van der Waals surface area (Å²) in [7, 11) is 0. The molecule has 23 heavy (non-hydrogen) atoms. The third kappa shape index (κ3) is 4.19. The topological polar surface area (TPSA) is 74.6 Å². The molecule has 120 valence electrons. The number of rotatable bonds is 6. The number of aryl methyl sites for hydroxylation is 2. The minimum atomic E-state index is -1.05. The molecule has 0 radical (unpaired) electrons. The number of carboxylic acid groups (broad SMARTS) is 2. The van der Waals surface area contributed by atoms with E-state index < -0.39 is 11.9 Å². The summed E-state index contributed by atoms with van der Waals surface area (Å²) in [6, 6.07) is 12.4. The highest BCUT2D eigenvalue weighted by molar-refractivity contribution is 5.93. The Hall–Kier alpha value is -2.62. The summed E-state index contributed by atoms with van der Waals surface area (Å²) >= 11 is 0. The first-order chi connectivity index (χ1) is 10.9. The number of benzene rings is 2. The van der Waals surface area contributed by atoms with Gasteiger partial charge in [0.25, 0.3) is 0 Å². The molecule has 0 saturated heterocycles. The zero-order chi connectivity index (χ0) is 17.0. The molecule has 0 unspecified atom stereocenters. The van der Waals surface area contributed by atoms with Crippen molar-refractivity contribution in [3.63, 3.8) is 0 Å². The van der Waals surface area contributed by atoms with Crippen molar-refractivity contribution in [3.8, 4) is 0 Å². The molecular formula is C19H20O4. The third-order valence-corrected chi connectivity index (χ3v) is 3.91. The quantitative estimate of drug-likeness (QED) is 0.845. The fraction of sp³-hybridized carbons (Fsp3) is 0.263. The summed E-state index contributed by atoms with van der Waals surface area (Å²) in [4.78, 5) is 22.3. The Morgan fingerprint density at radius 2 is 1.57 bits per heavy atom. The number of carbonyl (C=O) groups is 2. The molecule has 0 spiro atoms. The van der Waals surface area contributed by atoms with Crippen LogP contribution in [-0.2, 0) is 12.8 Å². The van der Waals surface area contributed by atoms with Crippen LogP contribution in [0.2, 0.25) is 0 Å². The standard InChI is InChI=1S/C19H20O4/c1-12(2)14-6-3-13(4-7-14)5-8-15-11-16(18(20)21)9-10-17(15)19(22)23/h3-4,6-7,9-12H,5,8H2,1-2H3,(H,20,21)(H,22,23). The molecule has 0 heterocycles. The highest BCUT2D eigenvalue weighted by atomic mass is 16.4. The van der Waals surface area contributed by atoms with Gasteiger partial charge in [0.15, 0.2) is 0 Å². The molecule has 0 aliphatic heterocycles.